The molecule has 21 heavy (non-hydrogen) atoms. The minimum Gasteiger partial charge on any atom is -0.478 e. The van der Waals surface area contributed by atoms with Crippen molar-refractivity contribution in [3.8, 4) is 0 Å². The Morgan fingerprint density at radius 2 is 2.00 bits per heavy atom. The van der Waals surface area contributed by atoms with Crippen molar-refractivity contribution in [2.45, 2.75) is 32.9 Å². The number of hydrogen-bond donors (Lipinski definition) is 1. The van der Waals surface area contributed by atoms with Crippen LogP contribution in [0, 0.1) is 0 Å². The molecule has 0 atom stereocenters. The molecule has 1 aromatic rings. The van der Waals surface area contributed by atoms with Crippen LogP contribution in [0.1, 0.15) is 41.3 Å². The highest BCUT2D eigenvalue weighted by atomic mass is 32.2. The number of hydrogen-bond acceptors (Lipinski definition) is 3. The third kappa shape index (κ3) is 3.25. The molecule has 2 rings (SSSR count). The number of carbonyl (C=O) groups is 1. The van der Waals surface area contributed by atoms with Crippen molar-refractivity contribution < 1.29 is 18.3 Å². The van der Waals surface area contributed by atoms with Crippen LogP contribution in [0.3, 0.4) is 0 Å². The van der Waals surface area contributed by atoms with E-state index in [4.69, 9.17) is 5.11 Å². The minimum atomic E-state index is -3.49. The monoisotopic (exact) mass is 312 g/mol. The summed E-state index contributed by atoms with van der Waals surface area (Å²) in [6, 6.07) is 4.76. The second-order valence-electron chi connectivity index (χ2n) is 5.24. The molecule has 7 heteroatoms. The summed E-state index contributed by atoms with van der Waals surface area (Å²) in [6.45, 7) is 3.04. The number of carboxylic acid groups (broad SMARTS) is 1. The first-order valence-electron chi connectivity index (χ1n) is 6.92. The zero-order chi connectivity index (χ0) is 15.6. The fourth-order valence-electron chi connectivity index (χ4n) is 2.35. The SMILES string of the molecule is CCCCN(C)S(=O)(=O)N1Cc2ccc(C(=O)O)cc2C1. The molecule has 1 heterocycles. The summed E-state index contributed by atoms with van der Waals surface area (Å²) in [7, 11) is -1.91. The quantitative estimate of drug-likeness (QED) is 0.867. The second kappa shape index (κ2) is 6.13. The van der Waals surface area contributed by atoms with Crippen molar-refractivity contribution in [2.24, 2.45) is 0 Å². The Hall–Kier alpha value is -1.44. The van der Waals surface area contributed by atoms with E-state index in [1.807, 2.05) is 6.92 Å². The topological polar surface area (TPSA) is 77.9 Å². The van der Waals surface area contributed by atoms with Crippen LogP contribution in [0.4, 0.5) is 0 Å². The maximum Gasteiger partial charge on any atom is 0.335 e. The van der Waals surface area contributed by atoms with Crippen LogP contribution >= 0.6 is 0 Å². The lowest BCUT2D eigenvalue weighted by Crippen LogP contribution is -2.39. The first kappa shape index (κ1) is 15.9. The summed E-state index contributed by atoms with van der Waals surface area (Å²) >= 11 is 0. The second-order valence-corrected chi connectivity index (χ2v) is 7.27. The third-order valence-corrected chi connectivity index (χ3v) is 5.57. The number of rotatable bonds is 6. The minimum absolute atomic E-state index is 0.187. The van der Waals surface area contributed by atoms with E-state index < -0.39 is 16.2 Å². The van der Waals surface area contributed by atoms with Crippen molar-refractivity contribution in [3.05, 3.63) is 34.9 Å². The van der Waals surface area contributed by atoms with Crippen LogP contribution in [-0.4, -0.2) is 41.7 Å². The third-order valence-electron chi connectivity index (χ3n) is 3.69. The highest BCUT2D eigenvalue weighted by molar-refractivity contribution is 7.86. The van der Waals surface area contributed by atoms with Crippen LogP contribution in [-0.2, 0) is 23.3 Å². The van der Waals surface area contributed by atoms with E-state index in [9.17, 15) is 13.2 Å². The van der Waals surface area contributed by atoms with Gasteiger partial charge in [-0.1, -0.05) is 19.4 Å². The van der Waals surface area contributed by atoms with Crippen LogP contribution in [0.15, 0.2) is 18.2 Å². The van der Waals surface area contributed by atoms with Crippen LogP contribution in [0.2, 0.25) is 0 Å². The number of fused-ring (bicyclic) bond motifs is 1. The van der Waals surface area contributed by atoms with E-state index in [2.05, 4.69) is 0 Å². The Balaban J connectivity index is 2.17. The van der Waals surface area contributed by atoms with E-state index in [0.29, 0.717) is 13.1 Å². The van der Waals surface area contributed by atoms with Gasteiger partial charge in [0.05, 0.1) is 5.56 Å². The smallest absolute Gasteiger partial charge is 0.335 e. The first-order chi connectivity index (χ1) is 9.86. The van der Waals surface area contributed by atoms with Gasteiger partial charge >= 0.3 is 5.97 Å². The molecule has 1 N–H and O–H groups in total. The van der Waals surface area contributed by atoms with E-state index in [0.717, 1.165) is 24.0 Å². The molecule has 6 nitrogen and oxygen atoms in total. The summed E-state index contributed by atoms with van der Waals surface area (Å²) in [6.07, 6.45) is 1.75. The summed E-state index contributed by atoms with van der Waals surface area (Å²) in [4.78, 5) is 11.0. The number of unbranched alkanes of at least 4 members (excludes halogenated alkanes) is 1. The van der Waals surface area contributed by atoms with Gasteiger partial charge < -0.3 is 5.11 Å². The standard InChI is InChI=1S/C14H20N2O4S/c1-3-4-7-15(2)21(19,20)16-9-12-6-5-11(14(17)18)8-13(12)10-16/h5-6,8H,3-4,7,9-10H2,1-2H3,(H,17,18). The van der Waals surface area contributed by atoms with Crippen molar-refractivity contribution in [1.82, 2.24) is 8.61 Å². The van der Waals surface area contributed by atoms with Crippen molar-refractivity contribution in [2.75, 3.05) is 13.6 Å². The van der Waals surface area contributed by atoms with Gasteiger partial charge in [-0.2, -0.15) is 17.0 Å². The predicted molar refractivity (Wildman–Crippen MR) is 79.1 cm³/mol. The molecule has 1 aliphatic rings. The molecule has 0 unspecified atom stereocenters. The van der Waals surface area contributed by atoms with Crippen molar-refractivity contribution >= 4 is 16.2 Å². The number of carboxylic acids is 1. The lowest BCUT2D eigenvalue weighted by Gasteiger charge is -2.23. The highest BCUT2D eigenvalue weighted by Gasteiger charge is 2.32. The molecule has 0 saturated carbocycles. The fourth-order valence-corrected chi connectivity index (χ4v) is 3.71. The Morgan fingerprint density at radius 1 is 1.33 bits per heavy atom. The number of aromatic carboxylic acids is 1. The van der Waals surface area contributed by atoms with E-state index in [1.165, 1.54) is 14.7 Å². The van der Waals surface area contributed by atoms with Crippen molar-refractivity contribution in [1.29, 1.82) is 0 Å². The van der Waals surface area contributed by atoms with E-state index >= 15 is 0 Å². The Morgan fingerprint density at radius 3 is 2.62 bits per heavy atom. The molecule has 0 radical (unpaired) electrons. The van der Waals surface area contributed by atoms with Crippen LogP contribution in [0.25, 0.3) is 0 Å². The molecule has 1 aliphatic heterocycles. The summed E-state index contributed by atoms with van der Waals surface area (Å²) in [5, 5.41) is 8.99. The first-order valence-corrected chi connectivity index (χ1v) is 8.32. The summed E-state index contributed by atoms with van der Waals surface area (Å²) < 4.78 is 27.7. The van der Waals surface area contributed by atoms with Gasteiger partial charge in [0, 0.05) is 26.7 Å². The zero-order valence-electron chi connectivity index (χ0n) is 12.2. The average molecular weight is 312 g/mol. The Bertz CT molecular complexity index is 642. The molecule has 1 aromatic carbocycles. The number of nitrogens with zero attached hydrogens (tertiary/aromatic N) is 2. The van der Waals surface area contributed by atoms with Gasteiger partial charge in [0.15, 0.2) is 0 Å². The highest BCUT2D eigenvalue weighted by Crippen LogP contribution is 2.27. The van der Waals surface area contributed by atoms with Gasteiger partial charge in [-0.25, -0.2) is 4.79 Å². The molecule has 0 fully saturated rings. The van der Waals surface area contributed by atoms with E-state index in [-0.39, 0.29) is 12.1 Å². The largest absolute Gasteiger partial charge is 0.478 e. The molecule has 0 saturated heterocycles. The van der Waals surface area contributed by atoms with Crippen LogP contribution < -0.4 is 0 Å². The molecule has 116 valence electrons. The van der Waals surface area contributed by atoms with Crippen LogP contribution in [0.5, 0.6) is 0 Å². The molecule has 0 aliphatic carbocycles. The lowest BCUT2D eigenvalue weighted by atomic mass is 10.1. The molecule has 0 spiro atoms. The van der Waals surface area contributed by atoms with Gasteiger partial charge in [-0.15, -0.1) is 0 Å². The zero-order valence-corrected chi connectivity index (χ0v) is 13.1. The molecule has 0 bridgehead atoms. The molecule has 0 aromatic heterocycles. The van der Waals surface area contributed by atoms with Gasteiger partial charge in [-0.05, 0) is 29.7 Å². The predicted octanol–water partition coefficient (Wildman–Crippen LogP) is 1.68. The maximum absolute atomic E-state index is 12.5. The van der Waals surface area contributed by atoms with Gasteiger partial charge in [-0.3, -0.25) is 0 Å². The Kier molecular flexibility index (Phi) is 4.65. The Labute approximate surface area is 125 Å². The molecular formula is C14H20N2O4S. The lowest BCUT2D eigenvalue weighted by molar-refractivity contribution is 0.0696. The molecule has 0 amide bonds. The van der Waals surface area contributed by atoms with E-state index in [1.54, 1.807) is 19.2 Å². The van der Waals surface area contributed by atoms with Gasteiger partial charge in [0.1, 0.15) is 0 Å². The maximum atomic E-state index is 12.5. The summed E-state index contributed by atoms with van der Waals surface area (Å²) in [5.74, 6) is -1.00. The number of benzene rings is 1. The van der Waals surface area contributed by atoms with Gasteiger partial charge in [0.2, 0.25) is 0 Å². The molecular weight excluding hydrogens is 292 g/mol. The fraction of sp³-hybridized carbons (Fsp3) is 0.500. The van der Waals surface area contributed by atoms with Gasteiger partial charge in [0.25, 0.3) is 10.2 Å². The average Bonchev–Trinajstić information content (AvgIpc) is 2.88. The van der Waals surface area contributed by atoms with Crippen molar-refractivity contribution in [3.63, 3.8) is 0 Å². The normalized spacial score (nSPS) is 15.4. The summed E-state index contributed by atoms with van der Waals surface area (Å²) in [5.41, 5.74) is 1.82.